The van der Waals surface area contributed by atoms with Crippen molar-refractivity contribution in [2.45, 2.75) is 79.3 Å². The topological polar surface area (TPSA) is 106 Å². The third-order valence-corrected chi connectivity index (χ3v) is 8.10. The number of unbranched alkanes of at least 4 members (excludes halogenated alkanes) is 2. The first-order valence-corrected chi connectivity index (χ1v) is 12.6. The summed E-state index contributed by atoms with van der Waals surface area (Å²) in [4.78, 5) is 39.8. The number of amides is 1. The number of nitrogens with one attached hydrogen (secondary N) is 2. The average molecular weight is 433 g/mol. The second-order valence-electron chi connectivity index (χ2n) is 8.46. The summed E-state index contributed by atoms with van der Waals surface area (Å²) in [6.45, 7) is 12.5. The number of nitrogens with zero attached hydrogens (tertiary/aromatic N) is 1. The minimum absolute atomic E-state index is 0.141. The van der Waals surface area contributed by atoms with Gasteiger partial charge < -0.3 is 0 Å². The van der Waals surface area contributed by atoms with E-state index < -0.39 is 37.7 Å². The van der Waals surface area contributed by atoms with Crippen LogP contribution in [0.15, 0.2) is 0 Å². The van der Waals surface area contributed by atoms with Crippen molar-refractivity contribution in [2.24, 2.45) is 11.8 Å². The van der Waals surface area contributed by atoms with Crippen LogP contribution in [0.2, 0.25) is 0 Å². The molecular weight excluding hydrogens is 397 g/mol. The third kappa shape index (κ3) is 5.01. The maximum absolute atomic E-state index is 13.1. The quantitative estimate of drug-likeness (QED) is 0.532. The second kappa shape index (κ2) is 9.14. The fourth-order valence-corrected chi connectivity index (χ4v) is 6.86. The molecule has 0 radical (unpaired) electrons. The van der Waals surface area contributed by atoms with E-state index in [1.807, 2.05) is 41.5 Å². The minimum atomic E-state index is -4.69. The van der Waals surface area contributed by atoms with Crippen LogP contribution >= 0.6 is 7.59 Å². The van der Waals surface area contributed by atoms with Crippen LogP contribution in [0.5, 0.6) is 0 Å². The molecule has 2 rings (SSSR count). The normalized spacial score (nSPS) is 26.3. The van der Waals surface area contributed by atoms with Gasteiger partial charge in [-0.3, -0.25) is 0 Å². The van der Waals surface area contributed by atoms with Gasteiger partial charge in [0.05, 0.1) is 0 Å². The van der Waals surface area contributed by atoms with Gasteiger partial charge >= 0.3 is 173 Å². The van der Waals surface area contributed by atoms with Gasteiger partial charge in [0.1, 0.15) is 0 Å². The molecule has 2 saturated heterocycles. The zero-order chi connectivity index (χ0) is 21.8. The Morgan fingerprint density at radius 2 is 1.38 bits per heavy atom. The molecule has 168 valence electrons. The molecule has 2 atom stereocenters. The molecule has 2 aliphatic heterocycles. The van der Waals surface area contributed by atoms with Crippen LogP contribution in [0.25, 0.3) is 0 Å². The van der Waals surface area contributed by atoms with Crippen molar-refractivity contribution in [3.05, 3.63) is 0 Å². The van der Waals surface area contributed by atoms with Gasteiger partial charge in [0.2, 0.25) is 0 Å². The van der Waals surface area contributed by atoms with Crippen molar-refractivity contribution in [3.8, 4) is 0 Å². The van der Waals surface area contributed by atoms with E-state index in [-0.39, 0.29) is 11.8 Å². The van der Waals surface area contributed by atoms with E-state index >= 15 is 0 Å². The van der Waals surface area contributed by atoms with E-state index in [4.69, 9.17) is 13.6 Å². The Balaban J connectivity index is 2.35. The first-order chi connectivity index (χ1) is 13.6. The van der Waals surface area contributed by atoms with Crippen molar-refractivity contribution < 1.29 is 28.0 Å². The van der Waals surface area contributed by atoms with Crippen molar-refractivity contribution >= 4 is 25.6 Å². The van der Waals surface area contributed by atoms with E-state index in [0.29, 0.717) is 13.1 Å². The van der Waals surface area contributed by atoms with Crippen LogP contribution in [0.3, 0.4) is 0 Å². The van der Waals surface area contributed by atoms with Gasteiger partial charge in [-0.25, -0.2) is 0 Å². The number of rotatable bonds is 9. The van der Waals surface area contributed by atoms with Gasteiger partial charge in [-0.05, 0) is 0 Å². The van der Waals surface area contributed by atoms with Crippen molar-refractivity contribution in [2.75, 3.05) is 13.1 Å². The van der Waals surface area contributed by atoms with E-state index in [1.54, 1.807) is 4.90 Å². The zero-order valence-corrected chi connectivity index (χ0v) is 19.3. The molecule has 0 unspecified atom stereocenters. The molecule has 9 nitrogen and oxygen atoms in total. The Labute approximate surface area is 173 Å². The summed E-state index contributed by atoms with van der Waals surface area (Å²) in [7, 11) is -4.69. The number of hydrogen-bond donors (Lipinski definition) is 2. The third-order valence-electron chi connectivity index (χ3n) is 5.14. The van der Waals surface area contributed by atoms with Crippen molar-refractivity contribution in [1.29, 1.82) is 0 Å². The Morgan fingerprint density at radius 3 is 1.69 bits per heavy atom. The molecule has 2 fully saturated rings. The molecule has 0 aromatic rings. The van der Waals surface area contributed by atoms with E-state index in [1.165, 1.54) is 0 Å². The number of hydrogen-bond acceptors (Lipinski definition) is 8. The molecular formula is C19H36N3O6P. The molecule has 2 heterocycles. The van der Waals surface area contributed by atoms with Gasteiger partial charge in [-0.2, -0.15) is 0 Å². The summed E-state index contributed by atoms with van der Waals surface area (Å²) in [5.74, 6) is -1.47. The van der Waals surface area contributed by atoms with Crippen molar-refractivity contribution in [1.82, 2.24) is 15.1 Å². The van der Waals surface area contributed by atoms with Crippen LogP contribution in [0.1, 0.15) is 67.2 Å². The average Bonchev–Trinajstić information content (AvgIpc) is 3.08. The van der Waals surface area contributed by atoms with Gasteiger partial charge in [-0.1, -0.05) is 0 Å². The van der Waals surface area contributed by atoms with Crippen LogP contribution in [0.4, 0.5) is 4.79 Å². The van der Waals surface area contributed by atoms with Crippen LogP contribution < -0.4 is 10.2 Å². The maximum atomic E-state index is 13.1. The van der Waals surface area contributed by atoms with Crippen LogP contribution in [0, 0.1) is 11.8 Å². The van der Waals surface area contributed by atoms with Gasteiger partial charge in [-0.15, -0.1) is 0 Å². The van der Waals surface area contributed by atoms with E-state index in [2.05, 4.69) is 10.2 Å². The van der Waals surface area contributed by atoms with Gasteiger partial charge in [0.25, 0.3) is 0 Å². The Kier molecular flexibility index (Phi) is 7.52. The van der Waals surface area contributed by atoms with E-state index in [0.717, 1.165) is 25.7 Å². The summed E-state index contributed by atoms with van der Waals surface area (Å²) < 4.78 is 17.0. The molecule has 10 heteroatoms. The summed E-state index contributed by atoms with van der Waals surface area (Å²) in [5, 5.41) is 5.95. The fraction of sp³-hybridized carbons (Fsp3) is 0.842. The molecule has 1 amide bonds. The molecule has 0 aliphatic carbocycles. The summed E-state index contributed by atoms with van der Waals surface area (Å²) in [5.41, 5.74) is 0. The molecule has 1 spiro atoms. The molecule has 0 bridgehead atoms. The predicted octanol–water partition coefficient (Wildman–Crippen LogP) is 3.50. The van der Waals surface area contributed by atoms with E-state index in [9.17, 15) is 14.4 Å². The Bertz CT molecular complexity index is 597. The van der Waals surface area contributed by atoms with Crippen LogP contribution in [-0.2, 0) is 23.2 Å². The second-order valence-corrected chi connectivity index (χ2v) is 11.3. The summed E-state index contributed by atoms with van der Waals surface area (Å²) >= 11 is 0. The van der Waals surface area contributed by atoms with Crippen molar-refractivity contribution in [3.63, 3.8) is 0 Å². The first-order valence-electron chi connectivity index (χ1n) is 10.6. The molecule has 2 aliphatic rings. The molecule has 29 heavy (non-hydrogen) atoms. The van der Waals surface area contributed by atoms with Crippen LogP contribution in [-0.4, -0.2) is 48.1 Å². The SMILES string of the molecule is CCCCN(CCCC)C(=O)OP12(N[C@@H](C(C)C)C(=O)O1)N[C@@H](C(C)C)C(=O)O2. The predicted molar refractivity (Wildman–Crippen MR) is 110 cm³/mol. The Hall–Kier alpha value is -1.44. The molecule has 2 N–H and O–H groups in total. The number of carbonyl (C=O) groups excluding carboxylic acids is 3. The first kappa shape index (κ1) is 23.8. The zero-order valence-electron chi connectivity index (χ0n) is 18.4. The summed E-state index contributed by atoms with van der Waals surface area (Å²) in [6.07, 6.45) is 2.82. The monoisotopic (exact) mass is 433 g/mol. The standard InChI is InChI=1S/C19H36N3O6P/c1-7-9-11-22(12-10-8-2)19(25)28-29(20-15(13(3)4)17(23)26-29)21-16(14(5)6)18(24)27-29/h13-16,20-21H,7-12H2,1-6H3/t15-,16-/m0/s1. The Morgan fingerprint density at radius 1 is 0.966 bits per heavy atom. The molecule has 0 aromatic heterocycles. The molecule has 0 aromatic carbocycles. The summed E-state index contributed by atoms with van der Waals surface area (Å²) in [6, 6.07) is -1.49. The molecule has 0 saturated carbocycles. The fourth-order valence-electron chi connectivity index (χ4n) is 3.31. The van der Waals surface area contributed by atoms with Gasteiger partial charge in [0.15, 0.2) is 0 Å². The number of carbonyl (C=O) groups is 3. The van der Waals surface area contributed by atoms with Gasteiger partial charge in [0, 0.05) is 0 Å².